The highest BCUT2D eigenvalue weighted by Crippen LogP contribution is 2.49. The molecule has 4 atom stereocenters. The molecule has 3 aliphatic carbocycles. The third-order valence-corrected chi connectivity index (χ3v) is 4.51. The molecule has 0 aromatic carbocycles. The Morgan fingerprint density at radius 2 is 1.92 bits per heavy atom. The molecular weight excluding hydrogens is 158 g/mol. The highest BCUT2D eigenvalue weighted by Gasteiger charge is 2.42. The summed E-state index contributed by atoms with van der Waals surface area (Å²) in [6, 6.07) is 1.71. The van der Waals surface area contributed by atoms with Gasteiger partial charge in [-0.05, 0) is 56.8 Å². The van der Waals surface area contributed by atoms with Crippen molar-refractivity contribution in [3.63, 3.8) is 0 Å². The van der Waals surface area contributed by atoms with E-state index >= 15 is 0 Å². The van der Waals surface area contributed by atoms with Crippen molar-refractivity contribution in [3.8, 4) is 0 Å². The quantitative estimate of drug-likeness (QED) is 0.702. The monoisotopic (exact) mass is 179 g/mol. The maximum absolute atomic E-state index is 3.78. The lowest BCUT2D eigenvalue weighted by Gasteiger charge is -2.28. The average Bonchev–Trinajstić information content (AvgIpc) is 2.71. The third kappa shape index (κ3) is 1.52. The van der Waals surface area contributed by atoms with Crippen LogP contribution in [-0.2, 0) is 0 Å². The van der Waals surface area contributed by atoms with E-state index in [1.165, 1.54) is 32.1 Å². The number of hydrogen-bond acceptors (Lipinski definition) is 1. The van der Waals surface area contributed by atoms with E-state index in [-0.39, 0.29) is 0 Å². The predicted molar refractivity (Wildman–Crippen MR) is 54.6 cm³/mol. The van der Waals surface area contributed by atoms with Crippen molar-refractivity contribution in [2.45, 2.75) is 57.5 Å². The number of rotatable bonds is 3. The van der Waals surface area contributed by atoms with Gasteiger partial charge in [-0.2, -0.15) is 0 Å². The Labute approximate surface area is 81.3 Å². The van der Waals surface area contributed by atoms with Gasteiger partial charge in [0.15, 0.2) is 0 Å². The molecular formula is C12H21N. The highest BCUT2D eigenvalue weighted by molar-refractivity contribution is 4.96. The van der Waals surface area contributed by atoms with Gasteiger partial charge in [-0.25, -0.2) is 0 Å². The molecule has 0 amide bonds. The zero-order valence-corrected chi connectivity index (χ0v) is 8.63. The first kappa shape index (κ1) is 8.28. The van der Waals surface area contributed by atoms with Gasteiger partial charge in [0.1, 0.15) is 0 Å². The second kappa shape index (κ2) is 2.98. The SMILES string of the molecule is CC(NC1CC1)C1CC2CCC1C2. The largest absolute Gasteiger partial charge is 0.311 e. The molecule has 0 aliphatic heterocycles. The summed E-state index contributed by atoms with van der Waals surface area (Å²) in [7, 11) is 0. The standard InChI is InChI=1S/C12H21N/c1-8(13-11-4-5-11)12-7-9-2-3-10(12)6-9/h8-13H,2-7H2,1H3. The van der Waals surface area contributed by atoms with Crippen LogP contribution in [0.15, 0.2) is 0 Å². The predicted octanol–water partition coefficient (Wildman–Crippen LogP) is 2.56. The lowest BCUT2D eigenvalue weighted by molar-refractivity contribution is 0.259. The van der Waals surface area contributed by atoms with E-state index in [0.29, 0.717) is 0 Å². The molecule has 0 aromatic rings. The number of fused-ring (bicyclic) bond motifs is 2. The van der Waals surface area contributed by atoms with Gasteiger partial charge in [0.2, 0.25) is 0 Å². The van der Waals surface area contributed by atoms with E-state index in [1.807, 2.05) is 0 Å². The van der Waals surface area contributed by atoms with Gasteiger partial charge in [0.05, 0.1) is 0 Å². The van der Waals surface area contributed by atoms with Gasteiger partial charge in [0, 0.05) is 12.1 Å². The highest BCUT2D eigenvalue weighted by atomic mass is 15.0. The summed E-state index contributed by atoms with van der Waals surface area (Å²) in [5, 5.41) is 3.78. The molecule has 0 heterocycles. The summed E-state index contributed by atoms with van der Waals surface area (Å²) in [5.74, 6) is 3.23. The van der Waals surface area contributed by atoms with Crippen LogP contribution < -0.4 is 5.32 Å². The molecule has 0 saturated heterocycles. The van der Waals surface area contributed by atoms with Gasteiger partial charge in [-0.3, -0.25) is 0 Å². The molecule has 0 aromatic heterocycles. The van der Waals surface area contributed by atoms with Crippen molar-refractivity contribution in [2.75, 3.05) is 0 Å². The Bertz CT molecular complexity index is 197. The molecule has 3 fully saturated rings. The first-order valence-electron chi connectivity index (χ1n) is 6.09. The van der Waals surface area contributed by atoms with Crippen molar-refractivity contribution >= 4 is 0 Å². The van der Waals surface area contributed by atoms with Crippen molar-refractivity contribution in [1.29, 1.82) is 0 Å². The van der Waals surface area contributed by atoms with Crippen molar-refractivity contribution in [1.82, 2.24) is 5.32 Å². The first-order chi connectivity index (χ1) is 6.33. The summed E-state index contributed by atoms with van der Waals surface area (Å²) in [4.78, 5) is 0. The molecule has 2 bridgehead atoms. The molecule has 1 nitrogen and oxygen atoms in total. The summed E-state index contributed by atoms with van der Waals surface area (Å²) in [6.45, 7) is 2.42. The molecule has 1 heteroatoms. The van der Waals surface area contributed by atoms with E-state index < -0.39 is 0 Å². The topological polar surface area (TPSA) is 12.0 Å². The van der Waals surface area contributed by atoms with Crippen LogP contribution in [0.5, 0.6) is 0 Å². The van der Waals surface area contributed by atoms with E-state index in [4.69, 9.17) is 0 Å². The van der Waals surface area contributed by atoms with Crippen LogP contribution >= 0.6 is 0 Å². The lowest BCUT2D eigenvalue weighted by atomic mass is 9.84. The Kier molecular flexibility index (Phi) is 1.90. The molecule has 3 aliphatic rings. The summed E-state index contributed by atoms with van der Waals surface area (Å²) in [6.07, 6.45) is 9.03. The molecule has 1 N–H and O–H groups in total. The van der Waals surface area contributed by atoms with Crippen molar-refractivity contribution < 1.29 is 0 Å². The summed E-state index contributed by atoms with van der Waals surface area (Å²) in [5.41, 5.74) is 0. The third-order valence-electron chi connectivity index (χ3n) is 4.51. The fourth-order valence-electron chi connectivity index (χ4n) is 3.65. The Hall–Kier alpha value is -0.0400. The fraction of sp³-hybridized carbons (Fsp3) is 1.00. The van der Waals surface area contributed by atoms with Crippen LogP contribution in [0.2, 0.25) is 0 Å². The normalized spacial score (nSPS) is 45.5. The van der Waals surface area contributed by atoms with Gasteiger partial charge >= 0.3 is 0 Å². The second-order valence-electron chi connectivity index (χ2n) is 5.57. The molecule has 4 unspecified atom stereocenters. The Morgan fingerprint density at radius 3 is 2.46 bits per heavy atom. The van der Waals surface area contributed by atoms with E-state index in [2.05, 4.69) is 12.2 Å². The Morgan fingerprint density at radius 1 is 1.08 bits per heavy atom. The summed E-state index contributed by atoms with van der Waals surface area (Å²) >= 11 is 0. The minimum absolute atomic E-state index is 0.808. The van der Waals surface area contributed by atoms with E-state index in [1.54, 1.807) is 6.42 Å². The van der Waals surface area contributed by atoms with E-state index in [9.17, 15) is 0 Å². The van der Waals surface area contributed by atoms with Crippen LogP contribution in [0.1, 0.15) is 45.4 Å². The zero-order valence-electron chi connectivity index (χ0n) is 8.63. The maximum atomic E-state index is 3.78. The minimum Gasteiger partial charge on any atom is -0.311 e. The van der Waals surface area contributed by atoms with Gasteiger partial charge in [-0.15, -0.1) is 0 Å². The number of hydrogen-bond donors (Lipinski definition) is 1. The second-order valence-corrected chi connectivity index (χ2v) is 5.57. The minimum atomic E-state index is 0.808. The molecule has 13 heavy (non-hydrogen) atoms. The lowest BCUT2D eigenvalue weighted by Crippen LogP contribution is -2.37. The van der Waals surface area contributed by atoms with Crippen LogP contribution in [0, 0.1) is 17.8 Å². The molecule has 3 saturated carbocycles. The van der Waals surface area contributed by atoms with Crippen LogP contribution in [-0.4, -0.2) is 12.1 Å². The van der Waals surface area contributed by atoms with Gasteiger partial charge in [0.25, 0.3) is 0 Å². The zero-order chi connectivity index (χ0) is 8.84. The average molecular weight is 179 g/mol. The van der Waals surface area contributed by atoms with Gasteiger partial charge < -0.3 is 5.32 Å². The fourth-order valence-corrected chi connectivity index (χ4v) is 3.65. The molecule has 0 spiro atoms. The molecule has 0 radical (unpaired) electrons. The smallest absolute Gasteiger partial charge is 0.00723 e. The van der Waals surface area contributed by atoms with E-state index in [0.717, 1.165) is 29.8 Å². The van der Waals surface area contributed by atoms with Crippen molar-refractivity contribution in [3.05, 3.63) is 0 Å². The number of nitrogens with one attached hydrogen (secondary N) is 1. The van der Waals surface area contributed by atoms with Crippen LogP contribution in [0.3, 0.4) is 0 Å². The van der Waals surface area contributed by atoms with Crippen LogP contribution in [0.4, 0.5) is 0 Å². The van der Waals surface area contributed by atoms with Gasteiger partial charge in [-0.1, -0.05) is 6.42 Å². The van der Waals surface area contributed by atoms with Crippen molar-refractivity contribution in [2.24, 2.45) is 17.8 Å². The van der Waals surface area contributed by atoms with Crippen LogP contribution in [0.25, 0.3) is 0 Å². The molecule has 74 valence electrons. The first-order valence-corrected chi connectivity index (χ1v) is 6.09. The maximum Gasteiger partial charge on any atom is 0.00723 e. The molecule has 3 rings (SSSR count). The Balaban J connectivity index is 1.58. The summed E-state index contributed by atoms with van der Waals surface area (Å²) < 4.78 is 0.